The Hall–Kier alpha value is -0.610. The van der Waals surface area contributed by atoms with E-state index in [9.17, 15) is 4.79 Å². The van der Waals surface area contributed by atoms with Gasteiger partial charge in [0, 0.05) is 6.54 Å². The van der Waals surface area contributed by atoms with Crippen molar-refractivity contribution < 1.29 is 14.3 Å². The molecule has 2 rings (SSSR count). The largest absolute Gasteiger partial charge is 0.469 e. The maximum absolute atomic E-state index is 11.3. The Morgan fingerprint density at radius 2 is 2.21 bits per heavy atom. The summed E-state index contributed by atoms with van der Waals surface area (Å²) in [6.45, 7) is 1.73. The van der Waals surface area contributed by atoms with Crippen LogP contribution in [0.2, 0.25) is 0 Å². The maximum atomic E-state index is 11.3. The van der Waals surface area contributed by atoms with E-state index >= 15 is 0 Å². The summed E-state index contributed by atoms with van der Waals surface area (Å²) in [6, 6.07) is 0. The fraction of sp³-hybridized carbons (Fsp3) is 0.900. The summed E-state index contributed by atoms with van der Waals surface area (Å²) in [5.74, 6) is 0.00877. The smallest absolute Gasteiger partial charge is 0.308 e. The van der Waals surface area contributed by atoms with Crippen molar-refractivity contribution in [3.63, 3.8) is 0 Å². The van der Waals surface area contributed by atoms with Gasteiger partial charge in [0.15, 0.2) is 0 Å². The van der Waals surface area contributed by atoms with Crippen LogP contribution in [-0.4, -0.2) is 32.0 Å². The van der Waals surface area contributed by atoms with Gasteiger partial charge in [-0.15, -0.1) is 0 Å². The fourth-order valence-corrected chi connectivity index (χ4v) is 2.38. The number of rotatable bonds is 1. The third-order valence-corrected chi connectivity index (χ3v) is 3.26. The monoisotopic (exact) mass is 199 g/mol. The second-order valence-electron chi connectivity index (χ2n) is 4.07. The van der Waals surface area contributed by atoms with Crippen LogP contribution in [0, 0.1) is 5.92 Å². The molecule has 0 unspecified atom stereocenters. The highest BCUT2D eigenvalue weighted by molar-refractivity contribution is 5.72. The van der Waals surface area contributed by atoms with Crippen LogP contribution in [0.1, 0.15) is 25.7 Å². The van der Waals surface area contributed by atoms with Crippen LogP contribution < -0.4 is 5.32 Å². The van der Waals surface area contributed by atoms with Crippen molar-refractivity contribution in [1.29, 1.82) is 0 Å². The molecule has 4 nitrogen and oxygen atoms in total. The van der Waals surface area contributed by atoms with Crippen LogP contribution in [-0.2, 0) is 14.3 Å². The van der Waals surface area contributed by atoms with Crippen LogP contribution >= 0.6 is 0 Å². The average molecular weight is 199 g/mol. The first-order valence-electron chi connectivity index (χ1n) is 5.23. The van der Waals surface area contributed by atoms with Crippen molar-refractivity contribution in [3.8, 4) is 0 Å². The molecule has 0 amide bonds. The van der Waals surface area contributed by atoms with Gasteiger partial charge in [0.05, 0.1) is 19.6 Å². The molecular formula is C10H17NO3. The van der Waals surface area contributed by atoms with E-state index in [4.69, 9.17) is 9.47 Å². The average Bonchev–Trinajstić information content (AvgIpc) is 2.67. The number of carbonyl (C=O) groups is 1. The first-order chi connectivity index (χ1) is 6.76. The molecule has 0 radical (unpaired) electrons. The quantitative estimate of drug-likeness (QED) is 0.630. The molecule has 1 N–H and O–H groups in total. The Morgan fingerprint density at radius 1 is 1.50 bits per heavy atom. The molecule has 0 aromatic carbocycles. The Bertz CT molecular complexity index is 213. The molecule has 0 aromatic rings. The molecule has 1 saturated heterocycles. The lowest BCUT2D eigenvalue weighted by Gasteiger charge is -2.35. The van der Waals surface area contributed by atoms with E-state index in [1.54, 1.807) is 0 Å². The van der Waals surface area contributed by atoms with Crippen molar-refractivity contribution in [2.24, 2.45) is 5.92 Å². The first kappa shape index (κ1) is 9.93. The van der Waals surface area contributed by atoms with E-state index in [1.807, 2.05) is 0 Å². The Labute approximate surface area is 84.0 Å². The normalized spacial score (nSPS) is 37.4. The van der Waals surface area contributed by atoms with E-state index in [2.05, 4.69) is 5.32 Å². The molecule has 0 aromatic heterocycles. The molecule has 1 aliphatic carbocycles. The summed E-state index contributed by atoms with van der Waals surface area (Å²) in [5, 5.41) is 3.38. The fourth-order valence-electron chi connectivity index (χ4n) is 2.38. The lowest BCUT2D eigenvalue weighted by atomic mass is 9.84. The molecule has 1 heterocycles. The van der Waals surface area contributed by atoms with Gasteiger partial charge in [-0.1, -0.05) is 0 Å². The van der Waals surface area contributed by atoms with Crippen LogP contribution in [0.4, 0.5) is 0 Å². The number of ether oxygens (including phenoxy) is 2. The van der Waals surface area contributed by atoms with Gasteiger partial charge < -0.3 is 9.47 Å². The number of carbonyl (C=O) groups excluding carboxylic acids is 1. The van der Waals surface area contributed by atoms with Crippen molar-refractivity contribution in [3.05, 3.63) is 0 Å². The van der Waals surface area contributed by atoms with E-state index in [0.717, 1.165) is 38.8 Å². The molecule has 80 valence electrons. The minimum absolute atomic E-state index is 0.0714. The summed E-state index contributed by atoms with van der Waals surface area (Å²) in [7, 11) is 1.46. The van der Waals surface area contributed by atoms with Gasteiger partial charge in [-0.05, 0) is 25.7 Å². The number of methoxy groups -OCH3 is 1. The van der Waals surface area contributed by atoms with Crippen molar-refractivity contribution in [1.82, 2.24) is 5.32 Å². The van der Waals surface area contributed by atoms with E-state index in [-0.39, 0.29) is 17.6 Å². The summed E-state index contributed by atoms with van der Waals surface area (Å²) in [4.78, 5) is 11.3. The van der Waals surface area contributed by atoms with Crippen molar-refractivity contribution in [2.45, 2.75) is 31.4 Å². The number of hydrogen-bond acceptors (Lipinski definition) is 4. The standard InChI is InChI=1S/C10H17NO3/c1-13-9(12)8-2-4-10(5-3-8)11-6-7-14-10/h8,11H,2-7H2,1H3. The summed E-state index contributed by atoms with van der Waals surface area (Å²) in [5.41, 5.74) is -0.121. The Balaban J connectivity index is 1.88. The molecule has 1 aliphatic heterocycles. The van der Waals surface area contributed by atoms with Crippen LogP contribution in [0.3, 0.4) is 0 Å². The zero-order valence-corrected chi connectivity index (χ0v) is 8.54. The molecule has 2 fully saturated rings. The first-order valence-corrected chi connectivity index (χ1v) is 5.23. The lowest BCUT2D eigenvalue weighted by Crippen LogP contribution is -2.45. The molecular weight excluding hydrogens is 182 g/mol. The number of nitrogens with one attached hydrogen (secondary N) is 1. The lowest BCUT2D eigenvalue weighted by molar-refractivity contribution is -0.149. The summed E-state index contributed by atoms with van der Waals surface area (Å²) < 4.78 is 10.4. The molecule has 0 atom stereocenters. The Morgan fingerprint density at radius 3 is 2.71 bits per heavy atom. The van der Waals surface area contributed by atoms with E-state index in [1.165, 1.54) is 7.11 Å². The van der Waals surface area contributed by atoms with Crippen LogP contribution in [0.15, 0.2) is 0 Å². The predicted molar refractivity (Wildman–Crippen MR) is 50.7 cm³/mol. The highest BCUT2D eigenvalue weighted by Crippen LogP contribution is 2.35. The Kier molecular flexibility index (Phi) is 2.74. The van der Waals surface area contributed by atoms with Gasteiger partial charge in [-0.2, -0.15) is 0 Å². The van der Waals surface area contributed by atoms with Gasteiger partial charge in [-0.3, -0.25) is 10.1 Å². The SMILES string of the molecule is COC(=O)C1CCC2(CC1)NCCO2. The predicted octanol–water partition coefficient (Wildman–Crippen LogP) is 0.666. The second kappa shape index (κ2) is 3.87. The summed E-state index contributed by atoms with van der Waals surface area (Å²) >= 11 is 0. The maximum Gasteiger partial charge on any atom is 0.308 e. The van der Waals surface area contributed by atoms with Gasteiger partial charge in [0.25, 0.3) is 0 Å². The molecule has 14 heavy (non-hydrogen) atoms. The third kappa shape index (κ3) is 1.77. The van der Waals surface area contributed by atoms with Gasteiger partial charge in [0.1, 0.15) is 5.72 Å². The highest BCUT2D eigenvalue weighted by atomic mass is 16.5. The second-order valence-corrected chi connectivity index (χ2v) is 4.07. The highest BCUT2D eigenvalue weighted by Gasteiger charge is 2.40. The minimum atomic E-state index is -0.121. The zero-order valence-electron chi connectivity index (χ0n) is 8.54. The topological polar surface area (TPSA) is 47.6 Å². The van der Waals surface area contributed by atoms with Gasteiger partial charge in [0.2, 0.25) is 0 Å². The van der Waals surface area contributed by atoms with E-state index in [0.29, 0.717) is 0 Å². The molecule has 4 heteroatoms. The van der Waals surface area contributed by atoms with Gasteiger partial charge in [-0.25, -0.2) is 0 Å². The molecule has 1 spiro atoms. The minimum Gasteiger partial charge on any atom is -0.469 e. The molecule has 2 aliphatic rings. The van der Waals surface area contributed by atoms with Crippen LogP contribution in [0.25, 0.3) is 0 Å². The van der Waals surface area contributed by atoms with Crippen LogP contribution in [0.5, 0.6) is 0 Å². The number of hydrogen-bond donors (Lipinski definition) is 1. The van der Waals surface area contributed by atoms with Crippen molar-refractivity contribution in [2.75, 3.05) is 20.3 Å². The van der Waals surface area contributed by atoms with Crippen molar-refractivity contribution >= 4 is 5.97 Å². The molecule has 0 bridgehead atoms. The number of esters is 1. The summed E-state index contributed by atoms with van der Waals surface area (Å²) in [6.07, 6.45) is 3.60. The molecule has 1 saturated carbocycles. The van der Waals surface area contributed by atoms with Gasteiger partial charge >= 0.3 is 5.97 Å². The zero-order chi connectivity index (χ0) is 10.0. The third-order valence-electron chi connectivity index (χ3n) is 3.26. The van der Waals surface area contributed by atoms with E-state index < -0.39 is 0 Å².